The zero-order chi connectivity index (χ0) is 19.4. The first-order chi connectivity index (χ1) is 12.9. The number of nitrogens with zero attached hydrogens (tertiary/aromatic N) is 1. The summed E-state index contributed by atoms with van der Waals surface area (Å²) in [4.78, 5) is 14.9. The number of sulfonamides is 1. The predicted molar refractivity (Wildman–Crippen MR) is 104 cm³/mol. The second-order valence-corrected chi connectivity index (χ2v) is 9.35. The Morgan fingerprint density at radius 1 is 1.22 bits per heavy atom. The summed E-state index contributed by atoms with van der Waals surface area (Å²) in [5.41, 5.74) is 0.400. The molecule has 0 bridgehead atoms. The van der Waals surface area contributed by atoms with Crippen molar-refractivity contribution in [3.63, 3.8) is 0 Å². The summed E-state index contributed by atoms with van der Waals surface area (Å²) in [6.45, 7) is 3.48. The zero-order valence-electron chi connectivity index (χ0n) is 16.2. The average Bonchev–Trinajstić information content (AvgIpc) is 3.33. The molecule has 3 rings (SSSR count). The fourth-order valence-corrected chi connectivity index (χ4v) is 5.19. The number of rotatable bonds is 9. The summed E-state index contributed by atoms with van der Waals surface area (Å²) in [5.74, 6) is 0.746. The fraction of sp³-hybridized carbons (Fsp3) is 0.650. The molecule has 1 amide bonds. The van der Waals surface area contributed by atoms with Crippen LogP contribution in [0, 0.1) is 5.92 Å². The lowest BCUT2D eigenvalue weighted by molar-refractivity contribution is 0.0747. The highest BCUT2D eigenvalue weighted by atomic mass is 32.2. The van der Waals surface area contributed by atoms with E-state index in [9.17, 15) is 13.2 Å². The maximum absolute atomic E-state index is 13.0. The minimum Gasteiger partial charge on any atom is -0.495 e. The van der Waals surface area contributed by atoms with Crippen molar-refractivity contribution in [1.82, 2.24) is 9.62 Å². The second-order valence-electron chi connectivity index (χ2n) is 7.66. The van der Waals surface area contributed by atoms with Crippen LogP contribution in [-0.2, 0) is 10.0 Å². The molecule has 0 spiro atoms. The summed E-state index contributed by atoms with van der Waals surface area (Å²) < 4.78 is 33.9. The molecule has 0 saturated heterocycles. The molecule has 0 aliphatic heterocycles. The van der Waals surface area contributed by atoms with Gasteiger partial charge in [-0.3, -0.25) is 4.79 Å². The highest BCUT2D eigenvalue weighted by molar-refractivity contribution is 7.89. The van der Waals surface area contributed by atoms with E-state index in [4.69, 9.17) is 4.74 Å². The molecular formula is C20H30N2O4S. The van der Waals surface area contributed by atoms with Crippen LogP contribution in [0.4, 0.5) is 0 Å². The summed E-state index contributed by atoms with van der Waals surface area (Å²) in [6, 6.07) is 4.67. The molecule has 2 aliphatic carbocycles. The smallest absolute Gasteiger partial charge is 0.253 e. The summed E-state index contributed by atoms with van der Waals surface area (Å²) >= 11 is 0. The lowest BCUT2D eigenvalue weighted by atomic mass is 10.1. The molecule has 0 unspecified atom stereocenters. The lowest BCUT2D eigenvalue weighted by Gasteiger charge is -2.23. The first-order valence-corrected chi connectivity index (χ1v) is 11.4. The van der Waals surface area contributed by atoms with Gasteiger partial charge in [0, 0.05) is 24.7 Å². The minimum atomic E-state index is -3.74. The van der Waals surface area contributed by atoms with Crippen LogP contribution in [0.15, 0.2) is 23.1 Å². The Hall–Kier alpha value is -1.60. The van der Waals surface area contributed by atoms with E-state index in [2.05, 4.69) is 4.72 Å². The Morgan fingerprint density at radius 2 is 1.93 bits per heavy atom. The maximum Gasteiger partial charge on any atom is 0.253 e. The van der Waals surface area contributed by atoms with E-state index in [1.54, 1.807) is 12.1 Å². The van der Waals surface area contributed by atoms with E-state index in [0.29, 0.717) is 18.0 Å². The Bertz CT molecular complexity index is 768. The number of nitrogens with one attached hydrogen (secondary N) is 1. The van der Waals surface area contributed by atoms with Crippen molar-refractivity contribution in [3.05, 3.63) is 23.8 Å². The average molecular weight is 395 g/mol. The van der Waals surface area contributed by atoms with Crippen LogP contribution in [0.5, 0.6) is 5.75 Å². The van der Waals surface area contributed by atoms with Crippen molar-refractivity contribution < 1.29 is 17.9 Å². The van der Waals surface area contributed by atoms with Crippen LogP contribution in [0.1, 0.15) is 62.2 Å². The van der Waals surface area contributed by atoms with E-state index in [1.165, 1.54) is 26.0 Å². The molecule has 0 aromatic heterocycles. The molecule has 0 heterocycles. The van der Waals surface area contributed by atoms with E-state index in [1.807, 2.05) is 11.8 Å². The maximum atomic E-state index is 13.0. The SMILES string of the molecule is CCCN(CC1CC1)C(=O)c1ccc(OC)c(S(=O)(=O)NC2CCCC2)c1. The Balaban J connectivity index is 1.86. The largest absolute Gasteiger partial charge is 0.495 e. The molecule has 1 aromatic rings. The number of amides is 1. The molecule has 1 aromatic carbocycles. The van der Waals surface area contributed by atoms with Gasteiger partial charge in [-0.25, -0.2) is 13.1 Å². The Labute approximate surface area is 162 Å². The molecule has 1 N–H and O–H groups in total. The van der Waals surface area contributed by atoms with Crippen molar-refractivity contribution in [2.45, 2.75) is 62.8 Å². The van der Waals surface area contributed by atoms with Gasteiger partial charge in [-0.2, -0.15) is 0 Å². The van der Waals surface area contributed by atoms with E-state index < -0.39 is 10.0 Å². The van der Waals surface area contributed by atoms with Gasteiger partial charge in [-0.05, 0) is 56.2 Å². The summed E-state index contributed by atoms with van der Waals surface area (Å²) in [7, 11) is -2.29. The second kappa shape index (κ2) is 8.61. The topological polar surface area (TPSA) is 75.7 Å². The van der Waals surface area contributed by atoms with Crippen molar-refractivity contribution in [2.75, 3.05) is 20.2 Å². The lowest BCUT2D eigenvalue weighted by Crippen LogP contribution is -2.35. The molecule has 0 radical (unpaired) electrons. The molecule has 2 aliphatic rings. The number of hydrogen-bond acceptors (Lipinski definition) is 4. The minimum absolute atomic E-state index is 0.0366. The van der Waals surface area contributed by atoms with Crippen molar-refractivity contribution in [1.29, 1.82) is 0 Å². The molecule has 27 heavy (non-hydrogen) atoms. The number of ether oxygens (including phenoxy) is 1. The van der Waals surface area contributed by atoms with Crippen molar-refractivity contribution in [2.24, 2.45) is 5.92 Å². The van der Waals surface area contributed by atoms with Gasteiger partial charge in [0.1, 0.15) is 10.6 Å². The normalized spacial score (nSPS) is 17.9. The van der Waals surface area contributed by atoms with Crippen molar-refractivity contribution >= 4 is 15.9 Å². The molecule has 0 atom stereocenters. The number of carbonyl (C=O) groups is 1. The number of methoxy groups -OCH3 is 1. The van der Waals surface area contributed by atoms with Crippen LogP contribution in [0.25, 0.3) is 0 Å². The van der Waals surface area contributed by atoms with E-state index in [0.717, 1.165) is 38.6 Å². The van der Waals surface area contributed by atoms with Gasteiger partial charge in [0.15, 0.2) is 0 Å². The zero-order valence-corrected chi connectivity index (χ0v) is 17.1. The molecule has 150 valence electrons. The van der Waals surface area contributed by atoms with Gasteiger partial charge in [0.25, 0.3) is 5.91 Å². The Kier molecular flexibility index (Phi) is 6.42. The third kappa shape index (κ3) is 5.02. The number of benzene rings is 1. The predicted octanol–water partition coefficient (Wildman–Crippen LogP) is 3.18. The first-order valence-electron chi connectivity index (χ1n) is 9.94. The van der Waals surface area contributed by atoms with Gasteiger partial charge in [-0.15, -0.1) is 0 Å². The van der Waals surface area contributed by atoms with Gasteiger partial charge >= 0.3 is 0 Å². The molecule has 7 heteroatoms. The Morgan fingerprint density at radius 3 is 2.52 bits per heavy atom. The van der Waals surface area contributed by atoms with Gasteiger partial charge < -0.3 is 9.64 Å². The molecule has 2 saturated carbocycles. The number of hydrogen-bond donors (Lipinski definition) is 1. The molecule has 2 fully saturated rings. The third-order valence-corrected chi connectivity index (χ3v) is 6.88. The summed E-state index contributed by atoms with van der Waals surface area (Å²) in [6.07, 6.45) is 6.99. The summed E-state index contributed by atoms with van der Waals surface area (Å²) in [5, 5.41) is 0. The van der Waals surface area contributed by atoms with Crippen LogP contribution < -0.4 is 9.46 Å². The highest BCUT2D eigenvalue weighted by Gasteiger charge is 2.29. The first kappa shape index (κ1) is 20.1. The van der Waals surface area contributed by atoms with Crippen LogP contribution in [0.3, 0.4) is 0 Å². The van der Waals surface area contributed by atoms with Crippen molar-refractivity contribution in [3.8, 4) is 5.75 Å². The van der Waals surface area contributed by atoms with Crippen LogP contribution >= 0.6 is 0 Å². The quantitative estimate of drug-likeness (QED) is 0.698. The van der Waals surface area contributed by atoms with E-state index >= 15 is 0 Å². The van der Waals surface area contributed by atoms with Crippen LogP contribution in [-0.4, -0.2) is 45.5 Å². The fourth-order valence-electron chi connectivity index (χ4n) is 3.69. The molecule has 6 nitrogen and oxygen atoms in total. The monoisotopic (exact) mass is 394 g/mol. The standard InChI is InChI=1S/C20H30N2O4S/c1-3-12-22(14-15-8-9-15)20(23)16-10-11-18(26-2)19(13-16)27(24,25)21-17-6-4-5-7-17/h10-11,13,15,17,21H,3-9,12,14H2,1-2H3. The highest BCUT2D eigenvalue weighted by Crippen LogP contribution is 2.31. The van der Waals surface area contributed by atoms with Gasteiger partial charge in [-0.1, -0.05) is 19.8 Å². The molecular weight excluding hydrogens is 364 g/mol. The van der Waals surface area contributed by atoms with Crippen LogP contribution in [0.2, 0.25) is 0 Å². The van der Waals surface area contributed by atoms with Gasteiger partial charge in [0.2, 0.25) is 10.0 Å². The third-order valence-electron chi connectivity index (χ3n) is 5.33. The van der Waals surface area contributed by atoms with Gasteiger partial charge in [0.05, 0.1) is 7.11 Å². The van der Waals surface area contributed by atoms with E-state index in [-0.39, 0.29) is 22.6 Å². The number of carbonyl (C=O) groups excluding carboxylic acids is 1.